The Kier molecular flexibility index (Phi) is 9.22. The van der Waals surface area contributed by atoms with Crippen LogP contribution < -0.4 is 10.6 Å². The van der Waals surface area contributed by atoms with Crippen molar-refractivity contribution in [3.63, 3.8) is 0 Å². The second-order valence-corrected chi connectivity index (χ2v) is 7.72. The van der Waals surface area contributed by atoms with E-state index in [1.165, 1.54) is 12.1 Å². The van der Waals surface area contributed by atoms with Crippen LogP contribution in [0.2, 0.25) is 0 Å². The lowest BCUT2D eigenvalue weighted by molar-refractivity contribution is 0.131. The van der Waals surface area contributed by atoms with E-state index >= 15 is 0 Å². The number of hydrogen-bond acceptors (Lipinski definition) is 4. The fourth-order valence-electron chi connectivity index (χ4n) is 2.88. The van der Waals surface area contributed by atoms with E-state index in [4.69, 9.17) is 9.73 Å². The Bertz CT molecular complexity index is 548. The minimum atomic E-state index is -0.200. The molecule has 1 aliphatic heterocycles. The Morgan fingerprint density at radius 2 is 2.15 bits per heavy atom. The number of aliphatic hydroxyl groups excluding tert-OH is 1. The molecule has 1 atom stereocenters. The third-order valence-corrected chi connectivity index (χ3v) is 5.54. The highest BCUT2D eigenvalue weighted by atomic mass is 32.2. The highest BCUT2D eigenvalue weighted by Crippen LogP contribution is 2.32. The van der Waals surface area contributed by atoms with Gasteiger partial charge in [-0.15, -0.1) is 11.8 Å². The molecule has 5 nitrogen and oxygen atoms in total. The molecule has 2 rings (SSSR count). The van der Waals surface area contributed by atoms with Gasteiger partial charge in [0, 0.05) is 36.6 Å². The predicted octanol–water partition coefficient (Wildman–Crippen LogP) is 2.65. The van der Waals surface area contributed by atoms with E-state index in [1.54, 1.807) is 11.8 Å². The number of rotatable bonds is 10. The van der Waals surface area contributed by atoms with Crippen LogP contribution in [0, 0.1) is 11.2 Å². The summed E-state index contributed by atoms with van der Waals surface area (Å²) in [7, 11) is 0. The van der Waals surface area contributed by atoms with Gasteiger partial charge in [-0.3, -0.25) is 4.99 Å². The average molecular weight is 384 g/mol. The molecule has 1 aromatic carbocycles. The maximum Gasteiger partial charge on any atom is 0.191 e. The van der Waals surface area contributed by atoms with Crippen molar-refractivity contribution in [3.05, 3.63) is 30.1 Å². The second kappa shape index (κ2) is 11.4. The highest BCUT2D eigenvalue weighted by molar-refractivity contribution is 7.99. The quantitative estimate of drug-likeness (QED) is 0.251. The molecule has 1 aliphatic rings. The van der Waals surface area contributed by atoms with Gasteiger partial charge < -0.3 is 20.5 Å². The van der Waals surface area contributed by atoms with E-state index in [1.807, 2.05) is 19.1 Å². The van der Waals surface area contributed by atoms with Crippen LogP contribution in [0.15, 0.2) is 34.2 Å². The topological polar surface area (TPSA) is 65.9 Å². The summed E-state index contributed by atoms with van der Waals surface area (Å²) in [5.41, 5.74) is -0.0322. The summed E-state index contributed by atoms with van der Waals surface area (Å²) in [6.07, 6.45) is 2.66. The molecule has 1 unspecified atom stereocenters. The third-order valence-electron chi connectivity index (χ3n) is 4.44. The maximum absolute atomic E-state index is 12.9. The number of aliphatic hydroxyl groups is 1. The van der Waals surface area contributed by atoms with Gasteiger partial charge in [-0.05, 0) is 56.2 Å². The molecule has 0 aromatic heterocycles. The van der Waals surface area contributed by atoms with Gasteiger partial charge in [0.25, 0.3) is 0 Å². The number of thioether (sulfide) groups is 1. The number of nitrogens with one attached hydrogen (secondary N) is 2. The van der Waals surface area contributed by atoms with Crippen LogP contribution >= 0.6 is 11.8 Å². The molecule has 0 bridgehead atoms. The molecule has 0 spiro atoms. The minimum Gasteiger partial charge on any atom is -0.396 e. The molecule has 1 fully saturated rings. The Hall–Kier alpha value is -1.31. The van der Waals surface area contributed by atoms with Crippen molar-refractivity contribution in [2.75, 3.05) is 45.2 Å². The number of aliphatic imine (C=N–C) groups is 1. The Balaban J connectivity index is 1.73. The van der Waals surface area contributed by atoms with E-state index < -0.39 is 0 Å². The first-order valence-corrected chi connectivity index (χ1v) is 10.3. The first-order chi connectivity index (χ1) is 12.7. The van der Waals surface area contributed by atoms with Gasteiger partial charge in [-0.1, -0.05) is 0 Å². The summed E-state index contributed by atoms with van der Waals surface area (Å²) in [6.45, 7) is 5.93. The number of guanidine groups is 1. The van der Waals surface area contributed by atoms with Crippen LogP contribution in [0.1, 0.15) is 26.2 Å². The number of halogens is 1. The van der Waals surface area contributed by atoms with E-state index in [9.17, 15) is 9.50 Å². The molecule has 7 heteroatoms. The molecule has 1 aromatic rings. The smallest absolute Gasteiger partial charge is 0.191 e. The summed E-state index contributed by atoms with van der Waals surface area (Å²) in [5, 5.41) is 15.9. The van der Waals surface area contributed by atoms with Crippen molar-refractivity contribution in [3.8, 4) is 0 Å². The molecular formula is C19H30FN3O2S. The van der Waals surface area contributed by atoms with E-state index in [0.717, 1.165) is 55.6 Å². The third kappa shape index (κ3) is 7.13. The van der Waals surface area contributed by atoms with E-state index in [0.29, 0.717) is 13.2 Å². The summed E-state index contributed by atoms with van der Waals surface area (Å²) < 4.78 is 18.4. The molecule has 26 heavy (non-hydrogen) atoms. The van der Waals surface area contributed by atoms with Gasteiger partial charge in [0.15, 0.2) is 5.96 Å². The molecule has 1 saturated heterocycles. The van der Waals surface area contributed by atoms with Crippen LogP contribution in [0.25, 0.3) is 0 Å². The summed E-state index contributed by atoms with van der Waals surface area (Å²) in [6, 6.07) is 6.60. The second-order valence-electron chi connectivity index (χ2n) is 6.55. The van der Waals surface area contributed by atoms with Crippen LogP contribution in [0.4, 0.5) is 4.39 Å². The summed E-state index contributed by atoms with van der Waals surface area (Å²) >= 11 is 1.72. The van der Waals surface area contributed by atoms with Crippen molar-refractivity contribution >= 4 is 17.7 Å². The SMILES string of the molecule is CCNC(=NCC1(CCO)CCOC1)NCCCSc1ccc(F)cc1. The molecule has 1 heterocycles. The van der Waals surface area contributed by atoms with E-state index in [2.05, 4.69) is 10.6 Å². The monoisotopic (exact) mass is 383 g/mol. The number of nitrogens with zero attached hydrogens (tertiary/aromatic N) is 1. The minimum absolute atomic E-state index is 0.0322. The van der Waals surface area contributed by atoms with Gasteiger partial charge in [0.2, 0.25) is 0 Å². The lowest BCUT2D eigenvalue weighted by atomic mass is 9.84. The highest BCUT2D eigenvalue weighted by Gasteiger charge is 2.34. The van der Waals surface area contributed by atoms with Gasteiger partial charge in [-0.2, -0.15) is 0 Å². The normalized spacial score (nSPS) is 20.3. The fourth-order valence-corrected chi connectivity index (χ4v) is 3.73. The molecule has 0 saturated carbocycles. The first kappa shape index (κ1) is 21.0. The lowest BCUT2D eigenvalue weighted by Gasteiger charge is -2.24. The maximum atomic E-state index is 12.9. The van der Waals surface area contributed by atoms with Gasteiger partial charge in [0.1, 0.15) is 5.82 Å². The van der Waals surface area contributed by atoms with Crippen molar-refractivity contribution < 1.29 is 14.2 Å². The van der Waals surface area contributed by atoms with Crippen molar-refractivity contribution in [1.29, 1.82) is 0 Å². The molecule has 3 N–H and O–H groups in total. The van der Waals surface area contributed by atoms with Crippen molar-refractivity contribution in [2.45, 2.75) is 31.1 Å². The Morgan fingerprint density at radius 3 is 2.81 bits per heavy atom. The van der Waals surface area contributed by atoms with Gasteiger partial charge >= 0.3 is 0 Å². The molecule has 0 radical (unpaired) electrons. The zero-order chi connectivity index (χ0) is 18.7. The molecule has 0 amide bonds. The molecular weight excluding hydrogens is 353 g/mol. The fraction of sp³-hybridized carbons (Fsp3) is 0.632. The summed E-state index contributed by atoms with van der Waals surface area (Å²) in [4.78, 5) is 5.79. The van der Waals surface area contributed by atoms with Crippen molar-refractivity contribution in [2.24, 2.45) is 10.4 Å². The average Bonchev–Trinajstić information content (AvgIpc) is 3.10. The lowest BCUT2D eigenvalue weighted by Crippen LogP contribution is -2.39. The molecule has 146 valence electrons. The van der Waals surface area contributed by atoms with Gasteiger partial charge in [-0.25, -0.2) is 4.39 Å². The predicted molar refractivity (Wildman–Crippen MR) is 105 cm³/mol. The van der Waals surface area contributed by atoms with Crippen LogP contribution in [0.3, 0.4) is 0 Å². The summed E-state index contributed by atoms with van der Waals surface area (Å²) in [5.74, 6) is 1.57. The van der Waals surface area contributed by atoms with Crippen LogP contribution in [0.5, 0.6) is 0 Å². The van der Waals surface area contributed by atoms with Crippen molar-refractivity contribution in [1.82, 2.24) is 10.6 Å². The Morgan fingerprint density at radius 1 is 1.35 bits per heavy atom. The number of hydrogen-bond donors (Lipinski definition) is 3. The first-order valence-electron chi connectivity index (χ1n) is 9.26. The van der Waals surface area contributed by atoms with Crippen LogP contribution in [-0.4, -0.2) is 56.3 Å². The van der Waals surface area contributed by atoms with Crippen LogP contribution in [-0.2, 0) is 4.74 Å². The Labute approximate surface area is 159 Å². The van der Waals surface area contributed by atoms with E-state index in [-0.39, 0.29) is 17.8 Å². The van der Waals surface area contributed by atoms with Gasteiger partial charge in [0.05, 0.1) is 13.2 Å². The standard InChI is InChI=1S/C19H30FN3O2S/c1-2-21-18(23-14-19(8-11-24)9-12-25-15-19)22-10-3-13-26-17-6-4-16(20)5-7-17/h4-7,24H,2-3,8-15H2,1H3,(H2,21,22,23). The molecule has 0 aliphatic carbocycles. The largest absolute Gasteiger partial charge is 0.396 e. The number of ether oxygens (including phenoxy) is 1. The number of benzene rings is 1. The zero-order valence-electron chi connectivity index (χ0n) is 15.5. The zero-order valence-corrected chi connectivity index (χ0v) is 16.3.